The predicted octanol–water partition coefficient (Wildman–Crippen LogP) is 3.14. The standard InChI is InChI=1S/C13H15ClFN3O/c1-3-12-16-13(18(17-12)7-6-15)9-4-5-10(14)11(8-9)19-2/h4-5,8H,3,6-7H2,1-2H3. The molecule has 1 heterocycles. The van der Waals surface area contributed by atoms with E-state index in [1.54, 1.807) is 23.9 Å². The molecule has 0 amide bonds. The predicted molar refractivity (Wildman–Crippen MR) is 72.4 cm³/mol. The van der Waals surface area contributed by atoms with Crippen molar-refractivity contribution in [1.29, 1.82) is 0 Å². The summed E-state index contributed by atoms with van der Waals surface area (Å²) in [5, 5.41) is 4.79. The lowest BCUT2D eigenvalue weighted by molar-refractivity contribution is 0.415. The van der Waals surface area contributed by atoms with E-state index in [2.05, 4.69) is 10.1 Å². The number of benzene rings is 1. The zero-order valence-electron chi connectivity index (χ0n) is 10.9. The van der Waals surface area contributed by atoms with E-state index in [0.29, 0.717) is 28.8 Å². The summed E-state index contributed by atoms with van der Waals surface area (Å²) in [6, 6.07) is 5.33. The Morgan fingerprint density at radius 1 is 1.42 bits per heavy atom. The zero-order valence-corrected chi connectivity index (χ0v) is 11.6. The van der Waals surface area contributed by atoms with E-state index < -0.39 is 6.67 Å². The van der Waals surface area contributed by atoms with Gasteiger partial charge in [-0.25, -0.2) is 14.1 Å². The Hall–Kier alpha value is -1.62. The molecule has 0 N–H and O–H groups in total. The van der Waals surface area contributed by atoms with E-state index in [4.69, 9.17) is 16.3 Å². The number of hydrogen-bond acceptors (Lipinski definition) is 3. The first-order valence-electron chi connectivity index (χ1n) is 6.03. The fraction of sp³-hybridized carbons (Fsp3) is 0.385. The van der Waals surface area contributed by atoms with Crippen LogP contribution in [0, 0.1) is 0 Å². The van der Waals surface area contributed by atoms with Crippen LogP contribution >= 0.6 is 11.6 Å². The minimum Gasteiger partial charge on any atom is -0.495 e. The number of hydrogen-bond donors (Lipinski definition) is 0. The van der Waals surface area contributed by atoms with Crippen molar-refractivity contribution in [3.63, 3.8) is 0 Å². The van der Waals surface area contributed by atoms with Gasteiger partial charge in [0, 0.05) is 12.0 Å². The Labute approximate surface area is 116 Å². The summed E-state index contributed by atoms with van der Waals surface area (Å²) in [5.74, 6) is 1.88. The normalized spacial score (nSPS) is 10.7. The minimum absolute atomic E-state index is 0.188. The maximum atomic E-state index is 12.6. The quantitative estimate of drug-likeness (QED) is 0.846. The van der Waals surface area contributed by atoms with E-state index in [9.17, 15) is 4.39 Å². The summed E-state index contributed by atoms with van der Waals surface area (Å²) < 4.78 is 19.3. The molecule has 0 aliphatic heterocycles. The van der Waals surface area contributed by atoms with Crippen molar-refractivity contribution in [1.82, 2.24) is 14.8 Å². The molecule has 2 aromatic rings. The van der Waals surface area contributed by atoms with Gasteiger partial charge in [-0.2, -0.15) is 5.10 Å². The number of ether oxygens (including phenoxy) is 1. The molecular formula is C13H15ClFN3O. The number of methoxy groups -OCH3 is 1. The largest absolute Gasteiger partial charge is 0.495 e. The van der Waals surface area contributed by atoms with Gasteiger partial charge in [0.1, 0.15) is 12.4 Å². The second-order valence-electron chi connectivity index (χ2n) is 3.97. The van der Waals surface area contributed by atoms with E-state index in [-0.39, 0.29) is 6.54 Å². The summed E-state index contributed by atoms with van der Waals surface area (Å²) in [6.45, 7) is 1.67. The fourth-order valence-corrected chi connectivity index (χ4v) is 1.98. The summed E-state index contributed by atoms with van der Waals surface area (Å²) >= 11 is 5.99. The third kappa shape index (κ3) is 2.87. The molecule has 1 aromatic carbocycles. The molecule has 0 saturated carbocycles. The maximum absolute atomic E-state index is 12.6. The van der Waals surface area contributed by atoms with Gasteiger partial charge in [-0.15, -0.1) is 0 Å². The molecule has 19 heavy (non-hydrogen) atoms. The van der Waals surface area contributed by atoms with Crippen LogP contribution in [0.2, 0.25) is 5.02 Å². The molecule has 0 atom stereocenters. The van der Waals surface area contributed by atoms with Crippen molar-refractivity contribution in [3.05, 3.63) is 29.0 Å². The highest BCUT2D eigenvalue weighted by Gasteiger charge is 2.13. The lowest BCUT2D eigenvalue weighted by Crippen LogP contribution is -2.04. The molecule has 0 fully saturated rings. The fourth-order valence-electron chi connectivity index (χ4n) is 1.79. The SMILES string of the molecule is CCc1nc(-c2ccc(Cl)c(OC)c2)n(CCF)n1. The Kier molecular flexibility index (Phi) is 4.37. The molecule has 6 heteroatoms. The van der Waals surface area contributed by atoms with Crippen molar-refractivity contribution in [2.24, 2.45) is 0 Å². The van der Waals surface area contributed by atoms with Crippen molar-refractivity contribution >= 4 is 11.6 Å². The number of alkyl halides is 1. The Bertz CT molecular complexity index is 571. The number of aromatic nitrogens is 3. The van der Waals surface area contributed by atoms with Gasteiger partial charge in [-0.1, -0.05) is 18.5 Å². The maximum Gasteiger partial charge on any atom is 0.158 e. The molecule has 0 unspecified atom stereocenters. The lowest BCUT2D eigenvalue weighted by atomic mass is 10.2. The highest BCUT2D eigenvalue weighted by atomic mass is 35.5. The number of nitrogens with zero attached hydrogens (tertiary/aromatic N) is 3. The van der Waals surface area contributed by atoms with Gasteiger partial charge in [0.05, 0.1) is 18.7 Å². The van der Waals surface area contributed by atoms with Crippen LogP contribution in [-0.2, 0) is 13.0 Å². The summed E-state index contributed by atoms with van der Waals surface area (Å²) in [6.07, 6.45) is 0.705. The molecule has 0 aliphatic carbocycles. The van der Waals surface area contributed by atoms with Gasteiger partial charge < -0.3 is 4.74 Å². The Morgan fingerprint density at radius 2 is 2.21 bits per heavy atom. The van der Waals surface area contributed by atoms with Gasteiger partial charge in [0.25, 0.3) is 0 Å². The van der Waals surface area contributed by atoms with Gasteiger partial charge >= 0.3 is 0 Å². The molecule has 0 aliphatic rings. The number of rotatable bonds is 5. The Balaban J connectivity index is 2.47. The van der Waals surface area contributed by atoms with Crippen LogP contribution in [0.1, 0.15) is 12.7 Å². The van der Waals surface area contributed by atoms with E-state index in [0.717, 1.165) is 5.56 Å². The number of halogens is 2. The molecule has 4 nitrogen and oxygen atoms in total. The van der Waals surface area contributed by atoms with Crippen LogP contribution in [0.5, 0.6) is 5.75 Å². The van der Waals surface area contributed by atoms with Crippen LogP contribution in [0.25, 0.3) is 11.4 Å². The van der Waals surface area contributed by atoms with Crippen LogP contribution in [0.4, 0.5) is 4.39 Å². The third-order valence-electron chi connectivity index (χ3n) is 2.74. The van der Waals surface area contributed by atoms with E-state index in [1.807, 2.05) is 13.0 Å². The van der Waals surface area contributed by atoms with Gasteiger partial charge in [-0.3, -0.25) is 0 Å². The second kappa shape index (κ2) is 6.02. The van der Waals surface area contributed by atoms with Crippen LogP contribution in [0.15, 0.2) is 18.2 Å². The smallest absolute Gasteiger partial charge is 0.158 e. The molecule has 0 spiro atoms. The average Bonchev–Trinajstić information content (AvgIpc) is 2.83. The molecule has 102 valence electrons. The molecule has 0 radical (unpaired) electrons. The molecule has 2 rings (SSSR count). The van der Waals surface area contributed by atoms with Crippen molar-refractivity contribution < 1.29 is 9.13 Å². The van der Waals surface area contributed by atoms with Crippen LogP contribution in [0.3, 0.4) is 0 Å². The summed E-state index contributed by atoms with van der Waals surface area (Å²) in [7, 11) is 1.55. The topological polar surface area (TPSA) is 39.9 Å². The van der Waals surface area contributed by atoms with Crippen molar-refractivity contribution in [2.75, 3.05) is 13.8 Å². The van der Waals surface area contributed by atoms with Gasteiger partial charge in [-0.05, 0) is 18.2 Å². The van der Waals surface area contributed by atoms with Gasteiger partial charge in [0.2, 0.25) is 0 Å². The summed E-state index contributed by atoms with van der Waals surface area (Å²) in [5.41, 5.74) is 0.807. The van der Waals surface area contributed by atoms with E-state index >= 15 is 0 Å². The first-order valence-corrected chi connectivity index (χ1v) is 6.41. The minimum atomic E-state index is -0.482. The molecule has 1 aromatic heterocycles. The number of aryl methyl sites for hydroxylation is 2. The highest BCUT2D eigenvalue weighted by molar-refractivity contribution is 6.32. The Morgan fingerprint density at radius 3 is 2.84 bits per heavy atom. The average molecular weight is 284 g/mol. The van der Waals surface area contributed by atoms with Crippen LogP contribution < -0.4 is 4.74 Å². The highest BCUT2D eigenvalue weighted by Crippen LogP contribution is 2.29. The summed E-state index contributed by atoms with van der Waals surface area (Å²) in [4.78, 5) is 4.41. The zero-order chi connectivity index (χ0) is 13.8. The molecular weight excluding hydrogens is 269 g/mol. The first-order chi connectivity index (χ1) is 9.19. The monoisotopic (exact) mass is 283 g/mol. The second-order valence-corrected chi connectivity index (χ2v) is 4.37. The van der Waals surface area contributed by atoms with Gasteiger partial charge in [0.15, 0.2) is 11.6 Å². The van der Waals surface area contributed by atoms with Crippen molar-refractivity contribution in [2.45, 2.75) is 19.9 Å². The molecule has 0 bridgehead atoms. The third-order valence-corrected chi connectivity index (χ3v) is 3.05. The first kappa shape index (κ1) is 13.8. The molecule has 0 saturated heterocycles. The van der Waals surface area contributed by atoms with E-state index in [1.165, 1.54) is 0 Å². The lowest BCUT2D eigenvalue weighted by Gasteiger charge is -2.07. The van der Waals surface area contributed by atoms with Crippen molar-refractivity contribution in [3.8, 4) is 17.1 Å². The van der Waals surface area contributed by atoms with Crippen LogP contribution in [-0.4, -0.2) is 28.5 Å².